The Bertz CT molecular complexity index is 598. The van der Waals surface area contributed by atoms with Crippen molar-refractivity contribution >= 4 is 5.78 Å². The molecule has 0 saturated heterocycles. The van der Waals surface area contributed by atoms with Gasteiger partial charge in [-0.1, -0.05) is 36.8 Å². The fraction of sp³-hybridized carbons (Fsp3) is 0.235. The molecule has 2 aromatic carbocycles. The maximum atomic E-state index is 12.5. The highest BCUT2D eigenvalue weighted by atomic mass is 16.3. The van der Waals surface area contributed by atoms with Crippen molar-refractivity contribution in [1.29, 1.82) is 0 Å². The van der Waals surface area contributed by atoms with E-state index in [0.717, 1.165) is 24.0 Å². The first-order chi connectivity index (χ1) is 9.25. The van der Waals surface area contributed by atoms with Gasteiger partial charge in [0.2, 0.25) is 0 Å². The van der Waals surface area contributed by atoms with Gasteiger partial charge in [0.1, 0.15) is 5.75 Å². The third-order valence-electron chi connectivity index (χ3n) is 3.86. The number of phenols is 1. The summed E-state index contributed by atoms with van der Waals surface area (Å²) in [5.74, 6) is 0.712. The molecule has 0 aliphatic heterocycles. The molecule has 1 saturated carbocycles. The Morgan fingerprint density at radius 1 is 1.05 bits per heavy atom. The first-order valence-electron chi connectivity index (χ1n) is 6.68. The highest BCUT2D eigenvalue weighted by Gasteiger charge is 2.25. The highest BCUT2D eigenvalue weighted by molar-refractivity contribution is 6.10. The third kappa shape index (κ3) is 2.26. The molecule has 0 bridgehead atoms. The molecule has 3 rings (SSSR count). The highest BCUT2D eigenvalue weighted by Crippen LogP contribution is 2.39. The number of carbonyl (C=O) groups excluding carboxylic acids is 1. The fourth-order valence-electron chi connectivity index (χ4n) is 2.56. The zero-order valence-corrected chi connectivity index (χ0v) is 10.7. The predicted octanol–water partition coefficient (Wildman–Crippen LogP) is 3.89. The van der Waals surface area contributed by atoms with Crippen LogP contribution in [0.1, 0.15) is 46.7 Å². The van der Waals surface area contributed by atoms with Gasteiger partial charge in [-0.15, -0.1) is 0 Å². The van der Waals surface area contributed by atoms with Crippen LogP contribution in [0.5, 0.6) is 5.75 Å². The molecule has 1 N–H and O–H groups in total. The lowest BCUT2D eigenvalue weighted by molar-refractivity contribution is 0.103. The lowest BCUT2D eigenvalue weighted by Crippen LogP contribution is -2.14. The molecule has 0 radical (unpaired) electrons. The van der Waals surface area contributed by atoms with Gasteiger partial charge in [0.05, 0.1) is 0 Å². The standard InChI is InChI=1S/C17H16O2/c18-14-9-10-15(16(11-14)12-7-4-8-12)17(19)13-5-2-1-3-6-13/h1-3,5-6,9-12,18H,4,7-8H2. The lowest BCUT2D eigenvalue weighted by atomic mass is 9.77. The van der Waals surface area contributed by atoms with Gasteiger partial charge in [0, 0.05) is 11.1 Å². The summed E-state index contributed by atoms with van der Waals surface area (Å²) in [6, 6.07) is 14.4. The van der Waals surface area contributed by atoms with Crippen LogP contribution in [-0.4, -0.2) is 10.9 Å². The number of aromatic hydroxyl groups is 1. The number of phenolic OH excluding ortho intramolecular Hbond substituents is 1. The number of hydrogen-bond donors (Lipinski definition) is 1. The molecule has 0 spiro atoms. The molecule has 0 unspecified atom stereocenters. The average Bonchev–Trinajstić information content (AvgIpc) is 2.37. The topological polar surface area (TPSA) is 37.3 Å². The van der Waals surface area contributed by atoms with E-state index in [-0.39, 0.29) is 11.5 Å². The lowest BCUT2D eigenvalue weighted by Gasteiger charge is -2.27. The summed E-state index contributed by atoms with van der Waals surface area (Å²) >= 11 is 0. The van der Waals surface area contributed by atoms with Gasteiger partial charge in [0.15, 0.2) is 5.78 Å². The van der Waals surface area contributed by atoms with Crippen molar-refractivity contribution in [3.8, 4) is 5.75 Å². The number of rotatable bonds is 3. The molecule has 0 heterocycles. The first-order valence-corrected chi connectivity index (χ1v) is 6.68. The summed E-state index contributed by atoms with van der Waals surface area (Å²) in [7, 11) is 0. The van der Waals surface area contributed by atoms with E-state index >= 15 is 0 Å². The second-order valence-electron chi connectivity index (χ2n) is 5.09. The molecule has 1 aliphatic carbocycles. The van der Waals surface area contributed by atoms with Crippen LogP contribution < -0.4 is 0 Å². The Hall–Kier alpha value is -2.09. The summed E-state index contributed by atoms with van der Waals surface area (Å²) in [6.45, 7) is 0. The second-order valence-corrected chi connectivity index (χ2v) is 5.09. The van der Waals surface area contributed by atoms with Crippen LogP contribution in [0.2, 0.25) is 0 Å². The van der Waals surface area contributed by atoms with E-state index in [0.29, 0.717) is 11.5 Å². The van der Waals surface area contributed by atoms with Crippen molar-refractivity contribution in [2.45, 2.75) is 25.2 Å². The maximum absolute atomic E-state index is 12.5. The van der Waals surface area contributed by atoms with Crippen molar-refractivity contribution in [2.75, 3.05) is 0 Å². The summed E-state index contributed by atoms with van der Waals surface area (Å²) in [4.78, 5) is 12.5. The Kier molecular flexibility index (Phi) is 3.08. The zero-order valence-electron chi connectivity index (χ0n) is 10.7. The van der Waals surface area contributed by atoms with Gasteiger partial charge >= 0.3 is 0 Å². The van der Waals surface area contributed by atoms with Crippen LogP contribution >= 0.6 is 0 Å². The van der Waals surface area contributed by atoms with Crippen LogP contribution in [0, 0.1) is 0 Å². The van der Waals surface area contributed by atoms with Gasteiger partial charge in [0.25, 0.3) is 0 Å². The Labute approximate surface area is 112 Å². The summed E-state index contributed by atoms with van der Waals surface area (Å²) in [6.07, 6.45) is 3.43. The summed E-state index contributed by atoms with van der Waals surface area (Å²) in [5, 5.41) is 9.65. The van der Waals surface area contributed by atoms with Gasteiger partial charge in [-0.25, -0.2) is 0 Å². The predicted molar refractivity (Wildman–Crippen MR) is 74.6 cm³/mol. The first kappa shape index (κ1) is 12.0. The number of benzene rings is 2. The van der Waals surface area contributed by atoms with Crippen molar-refractivity contribution in [2.24, 2.45) is 0 Å². The van der Waals surface area contributed by atoms with E-state index in [1.54, 1.807) is 18.2 Å². The van der Waals surface area contributed by atoms with Gasteiger partial charge in [-0.3, -0.25) is 4.79 Å². The molecule has 1 fully saturated rings. The largest absolute Gasteiger partial charge is 0.508 e. The minimum atomic E-state index is 0.0440. The third-order valence-corrected chi connectivity index (χ3v) is 3.86. The van der Waals surface area contributed by atoms with Crippen LogP contribution in [0.25, 0.3) is 0 Å². The number of carbonyl (C=O) groups is 1. The van der Waals surface area contributed by atoms with Gasteiger partial charge in [-0.2, -0.15) is 0 Å². The van der Waals surface area contributed by atoms with E-state index < -0.39 is 0 Å². The smallest absolute Gasteiger partial charge is 0.193 e. The molecule has 2 aromatic rings. The van der Waals surface area contributed by atoms with Gasteiger partial charge < -0.3 is 5.11 Å². The normalized spacial score (nSPS) is 14.9. The molecule has 96 valence electrons. The SMILES string of the molecule is O=C(c1ccccc1)c1ccc(O)cc1C1CCC1. The van der Waals surface area contributed by atoms with Crippen LogP contribution in [0.4, 0.5) is 0 Å². The molecular weight excluding hydrogens is 236 g/mol. The quantitative estimate of drug-likeness (QED) is 0.841. The van der Waals surface area contributed by atoms with Crippen LogP contribution in [0.15, 0.2) is 48.5 Å². The van der Waals surface area contributed by atoms with E-state index in [1.807, 2.05) is 30.3 Å². The fourth-order valence-corrected chi connectivity index (χ4v) is 2.56. The monoisotopic (exact) mass is 252 g/mol. The average molecular weight is 252 g/mol. The second kappa shape index (κ2) is 4.88. The molecule has 0 aromatic heterocycles. The molecular formula is C17H16O2. The van der Waals surface area contributed by atoms with Crippen molar-refractivity contribution in [1.82, 2.24) is 0 Å². The van der Waals surface area contributed by atoms with Crippen molar-refractivity contribution in [3.05, 3.63) is 65.2 Å². The van der Waals surface area contributed by atoms with Crippen molar-refractivity contribution < 1.29 is 9.90 Å². The molecule has 2 nitrogen and oxygen atoms in total. The van der Waals surface area contributed by atoms with Crippen molar-refractivity contribution in [3.63, 3.8) is 0 Å². The Balaban J connectivity index is 2.02. The van der Waals surface area contributed by atoms with E-state index in [2.05, 4.69) is 0 Å². The molecule has 2 heteroatoms. The number of ketones is 1. The van der Waals surface area contributed by atoms with E-state index in [1.165, 1.54) is 6.42 Å². The molecule has 0 amide bonds. The van der Waals surface area contributed by atoms with Crippen LogP contribution in [-0.2, 0) is 0 Å². The maximum Gasteiger partial charge on any atom is 0.193 e. The summed E-state index contributed by atoms with van der Waals surface area (Å²) < 4.78 is 0. The number of hydrogen-bond acceptors (Lipinski definition) is 2. The Morgan fingerprint density at radius 2 is 1.79 bits per heavy atom. The summed E-state index contributed by atoms with van der Waals surface area (Å²) in [5.41, 5.74) is 2.43. The minimum Gasteiger partial charge on any atom is -0.508 e. The minimum absolute atomic E-state index is 0.0440. The van der Waals surface area contributed by atoms with Gasteiger partial charge in [-0.05, 0) is 42.5 Å². The molecule has 1 aliphatic rings. The zero-order chi connectivity index (χ0) is 13.2. The van der Waals surface area contributed by atoms with E-state index in [9.17, 15) is 9.90 Å². The van der Waals surface area contributed by atoms with E-state index in [4.69, 9.17) is 0 Å². The molecule has 0 atom stereocenters. The Morgan fingerprint density at radius 3 is 2.42 bits per heavy atom. The van der Waals surface area contributed by atoms with Crippen LogP contribution in [0.3, 0.4) is 0 Å². The molecule has 19 heavy (non-hydrogen) atoms.